The number of amides is 4. The average Bonchev–Trinajstić information content (AvgIpc) is 2.78. The number of imide groups is 1. The summed E-state index contributed by atoms with van der Waals surface area (Å²) in [5.41, 5.74) is 0. The SMILES string of the molecule is C=NC(=O)ON(C)C(=O)CCCC(=O)ON1C(=O)C=CC1=O. The Morgan fingerprint density at radius 1 is 1.23 bits per heavy atom. The molecule has 0 aliphatic carbocycles. The first-order valence-corrected chi connectivity index (χ1v) is 6.07. The molecule has 4 amide bonds. The Bertz CT molecular complexity index is 537. The van der Waals surface area contributed by atoms with Crippen LogP contribution in [-0.2, 0) is 28.9 Å². The van der Waals surface area contributed by atoms with Crippen LogP contribution in [0.2, 0.25) is 0 Å². The van der Waals surface area contributed by atoms with Gasteiger partial charge in [0.25, 0.3) is 17.7 Å². The molecule has 1 rings (SSSR count). The van der Waals surface area contributed by atoms with E-state index >= 15 is 0 Å². The Morgan fingerprint density at radius 2 is 1.82 bits per heavy atom. The number of nitrogens with zero attached hydrogens (tertiary/aromatic N) is 3. The van der Waals surface area contributed by atoms with Gasteiger partial charge in [0, 0.05) is 32.0 Å². The van der Waals surface area contributed by atoms with Crippen molar-refractivity contribution in [2.45, 2.75) is 19.3 Å². The Kier molecular flexibility index (Phi) is 5.93. The van der Waals surface area contributed by atoms with E-state index in [4.69, 9.17) is 0 Å². The van der Waals surface area contributed by atoms with Crippen LogP contribution in [0.25, 0.3) is 0 Å². The lowest BCUT2D eigenvalue weighted by Gasteiger charge is -2.14. The fourth-order valence-electron chi connectivity index (χ4n) is 1.36. The highest BCUT2D eigenvalue weighted by Crippen LogP contribution is 2.08. The second-order valence-electron chi connectivity index (χ2n) is 4.03. The van der Waals surface area contributed by atoms with Crippen LogP contribution in [0.3, 0.4) is 0 Å². The number of hydroxylamine groups is 4. The molecule has 0 saturated heterocycles. The van der Waals surface area contributed by atoms with Gasteiger partial charge in [-0.15, -0.1) is 0 Å². The fraction of sp³-hybridized carbons (Fsp3) is 0.333. The molecule has 1 aliphatic rings. The molecule has 0 bridgehead atoms. The van der Waals surface area contributed by atoms with E-state index in [1.54, 1.807) is 0 Å². The first-order valence-electron chi connectivity index (χ1n) is 6.07. The maximum absolute atomic E-state index is 11.5. The van der Waals surface area contributed by atoms with E-state index in [1.807, 2.05) is 0 Å². The second kappa shape index (κ2) is 7.67. The molecule has 10 nitrogen and oxygen atoms in total. The zero-order chi connectivity index (χ0) is 16.7. The monoisotopic (exact) mass is 311 g/mol. The third kappa shape index (κ3) is 4.81. The van der Waals surface area contributed by atoms with Crippen molar-refractivity contribution in [3.05, 3.63) is 12.2 Å². The van der Waals surface area contributed by atoms with Gasteiger partial charge in [0.1, 0.15) is 0 Å². The first-order chi connectivity index (χ1) is 10.3. The van der Waals surface area contributed by atoms with Crippen LogP contribution >= 0.6 is 0 Å². The molecule has 0 spiro atoms. The predicted octanol–water partition coefficient (Wildman–Crippen LogP) is -0.250. The molecule has 1 heterocycles. The molecule has 0 radical (unpaired) electrons. The van der Waals surface area contributed by atoms with E-state index < -0.39 is 29.8 Å². The van der Waals surface area contributed by atoms with Gasteiger partial charge < -0.3 is 9.68 Å². The summed E-state index contributed by atoms with van der Waals surface area (Å²) in [6.07, 6.45) is 0.658. The molecular formula is C12H13N3O7. The zero-order valence-corrected chi connectivity index (χ0v) is 11.7. The van der Waals surface area contributed by atoms with Gasteiger partial charge in [0.2, 0.25) is 0 Å². The van der Waals surface area contributed by atoms with E-state index in [0.29, 0.717) is 10.1 Å². The molecule has 10 heteroatoms. The van der Waals surface area contributed by atoms with Crippen molar-refractivity contribution in [1.29, 1.82) is 0 Å². The third-order valence-corrected chi connectivity index (χ3v) is 2.43. The normalized spacial score (nSPS) is 13.0. The molecule has 0 aromatic heterocycles. The van der Waals surface area contributed by atoms with Crippen LogP contribution in [0.1, 0.15) is 19.3 Å². The topological polar surface area (TPSA) is 123 Å². The number of rotatable bonds is 5. The Labute approximate surface area is 124 Å². The van der Waals surface area contributed by atoms with Crippen molar-refractivity contribution in [2.24, 2.45) is 4.99 Å². The van der Waals surface area contributed by atoms with Gasteiger partial charge in [-0.2, -0.15) is 10.1 Å². The number of carbonyl (C=O) groups excluding carboxylic acids is 5. The quantitative estimate of drug-likeness (QED) is 0.389. The van der Waals surface area contributed by atoms with E-state index in [2.05, 4.69) is 21.4 Å². The van der Waals surface area contributed by atoms with Gasteiger partial charge in [-0.3, -0.25) is 14.4 Å². The molecule has 0 aromatic carbocycles. The lowest BCUT2D eigenvalue weighted by atomic mass is 10.2. The molecule has 0 saturated carbocycles. The lowest BCUT2D eigenvalue weighted by Crippen LogP contribution is -2.33. The van der Waals surface area contributed by atoms with Gasteiger partial charge in [-0.25, -0.2) is 9.59 Å². The molecule has 1 aliphatic heterocycles. The van der Waals surface area contributed by atoms with Crippen LogP contribution < -0.4 is 0 Å². The van der Waals surface area contributed by atoms with Crippen LogP contribution in [0.5, 0.6) is 0 Å². The molecule has 0 aromatic rings. The van der Waals surface area contributed by atoms with Crippen molar-refractivity contribution in [3.8, 4) is 0 Å². The summed E-state index contributed by atoms with van der Waals surface area (Å²) in [7, 11) is 1.21. The Morgan fingerprint density at radius 3 is 2.36 bits per heavy atom. The summed E-state index contributed by atoms with van der Waals surface area (Å²) in [5, 5.41) is 0.994. The molecule has 0 unspecified atom stereocenters. The highest BCUT2D eigenvalue weighted by atomic mass is 16.7. The smallest absolute Gasteiger partial charge is 0.330 e. The summed E-state index contributed by atoms with van der Waals surface area (Å²) in [5.74, 6) is -2.92. The standard InChI is InChI=1S/C12H13N3O7/c1-13-12(20)22-14(2)8(16)4-3-5-11(19)21-15-9(17)6-7-10(15)18/h6-7H,1,3-5H2,2H3. The highest BCUT2D eigenvalue weighted by Gasteiger charge is 2.27. The molecule has 0 N–H and O–H groups in total. The van der Waals surface area contributed by atoms with Crippen molar-refractivity contribution < 1.29 is 33.6 Å². The number of hydrogen-bond donors (Lipinski definition) is 0. The van der Waals surface area contributed by atoms with Crippen LogP contribution in [-0.4, -0.2) is 53.7 Å². The molecule has 0 atom stereocenters. The van der Waals surface area contributed by atoms with Gasteiger partial charge in [-0.05, 0) is 13.1 Å². The van der Waals surface area contributed by atoms with E-state index in [1.165, 1.54) is 7.05 Å². The average molecular weight is 311 g/mol. The molecule has 118 valence electrons. The summed E-state index contributed by atoms with van der Waals surface area (Å²) in [6, 6.07) is 0. The van der Waals surface area contributed by atoms with Crippen molar-refractivity contribution >= 4 is 36.5 Å². The number of carbonyl (C=O) groups is 5. The van der Waals surface area contributed by atoms with Gasteiger partial charge in [0.15, 0.2) is 0 Å². The Balaban J connectivity index is 2.29. The minimum absolute atomic E-state index is 0.0741. The summed E-state index contributed by atoms with van der Waals surface area (Å²) in [4.78, 5) is 68.0. The van der Waals surface area contributed by atoms with Crippen LogP contribution in [0, 0.1) is 0 Å². The molecule has 22 heavy (non-hydrogen) atoms. The maximum Gasteiger partial charge on any atom is 0.457 e. The van der Waals surface area contributed by atoms with E-state index in [9.17, 15) is 24.0 Å². The lowest BCUT2D eigenvalue weighted by molar-refractivity contribution is -0.196. The summed E-state index contributed by atoms with van der Waals surface area (Å²) < 4.78 is 0. The first kappa shape index (κ1) is 17.0. The number of hydrogen-bond acceptors (Lipinski definition) is 7. The molecular weight excluding hydrogens is 298 g/mol. The fourth-order valence-corrected chi connectivity index (χ4v) is 1.36. The van der Waals surface area contributed by atoms with Gasteiger partial charge in [0.05, 0.1) is 0 Å². The van der Waals surface area contributed by atoms with Gasteiger partial charge in [-0.1, -0.05) is 5.06 Å². The zero-order valence-electron chi connectivity index (χ0n) is 11.7. The van der Waals surface area contributed by atoms with E-state index in [0.717, 1.165) is 12.2 Å². The minimum Gasteiger partial charge on any atom is -0.330 e. The maximum atomic E-state index is 11.5. The second-order valence-corrected chi connectivity index (χ2v) is 4.03. The largest absolute Gasteiger partial charge is 0.457 e. The predicted molar refractivity (Wildman–Crippen MR) is 69.7 cm³/mol. The van der Waals surface area contributed by atoms with Crippen molar-refractivity contribution in [3.63, 3.8) is 0 Å². The highest BCUT2D eigenvalue weighted by molar-refractivity contribution is 6.12. The number of aliphatic imine (C=N–C) groups is 1. The third-order valence-electron chi connectivity index (χ3n) is 2.43. The van der Waals surface area contributed by atoms with Crippen molar-refractivity contribution in [2.75, 3.05) is 7.05 Å². The van der Waals surface area contributed by atoms with Crippen molar-refractivity contribution in [1.82, 2.24) is 10.1 Å². The van der Waals surface area contributed by atoms with E-state index in [-0.39, 0.29) is 19.3 Å². The summed E-state index contributed by atoms with van der Waals surface area (Å²) >= 11 is 0. The van der Waals surface area contributed by atoms with Crippen LogP contribution in [0.4, 0.5) is 4.79 Å². The Hall–Kier alpha value is -3.04. The summed E-state index contributed by atoms with van der Waals surface area (Å²) in [6.45, 7) is 2.93. The molecule has 0 fully saturated rings. The minimum atomic E-state index is -1.03. The van der Waals surface area contributed by atoms with Crippen LogP contribution in [0.15, 0.2) is 17.1 Å². The van der Waals surface area contributed by atoms with Gasteiger partial charge >= 0.3 is 12.1 Å².